The lowest BCUT2D eigenvalue weighted by Crippen LogP contribution is -2.27. The van der Waals surface area contributed by atoms with Gasteiger partial charge in [0.05, 0.1) is 0 Å². The number of carbonyl (C=O) groups is 1. The first-order chi connectivity index (χ1) is 8.18. The molecule has 0 amide bonds. The molecule has 1 aliphatic rings. The summed E-state index contributed by atoms with van der Waals surface area (Å²) in [6.45, 7) is 3.80. The molecular weight excluding hydrogens is 234 g/mol. The van der Waals surface area contributed by atoms with Crippen molar-refractivity contribution in [1.29, 1.82) is 0 Å². The van der Waals surface area contributed by atoms with E-state index in [-0.39, 0.29) is 11.8 Å². The van der Waals surface area contributed by atoms with Crippen molar-refractivity contribution in [3.05, 3.63) is 34.9 Å². The van der Waals surface area contributed by atoms with Crippen LogP contribution < -0.4 is 0 Å². The van der Waals surface area contributed by atoms with Crippen molar-refractivity contribution < 1.29 is 4.79 Å². The Bertz CT molecular complexity index is 399. The van der Waals surface area contributed by atoms with Gasteiger partial charge < -0.3 is 0 Å². The highest BCUT2D eigenvalue weighted by Crippen LogP contribution is 2.32. The Balaban J connectivity index is 2.25. The predicted molar refractivity (Wildman–Crippen MR) is 70.3 cm³/mol. The fourth-order valence-electron chi connectivity index (χ4n) is 2.51. The zero-order chi connectivity index (χ0) is 12.3. The number of halogens is 1. The number of carbonyl (C=O) groups excluding carboxylic acids is 1. The van der Waals surface area contributed by atoms with Gasteiger partial charge in [-0.3, -0.25) is 9.69 Å². The Kier molecular flexibility index (Phi) is 4.19. The number of rotatable bonds is 4. The fraction of sp³-hybridized carbons (Fsp3) is 0.500. The zero-order valence-corrected chi connectivity index (χ0v) is 10.9. The van der Waals surface area contributed by atoms with E-state index in [1.165, 1.54) is 12.8 Å². The van der Waals surface area contributed by atoms with Crippen LogP contribution in [-0.4, -0.2) is 23.8 Å². The maximum Gasteiger partial charge on any atom is 0.131 e. The predicted octanol–water partition coefficient (Wildman–Crippen LogP) is 3.46. The summed E-state index contributed by atoms with van der Waals surface area (Å²) >= 11 is 6.24. The molecule has 2 nitrogen and oxygen atoms in total. The van der Waals surface area contributed by atoms with Crippen LogP contribution in [0.3, 0.4) is 0 Å². The topological polar surface area (TPSA) is 20.3 Å². The van der Waals surface area contributed by atoms with Crippen molar-refractivity contribution in [2.75, 3.05) is 13.1 Å². The summed E-state index contributed by atoms with van der Waals surface area (Å²) in [6, 6.07) is 8.02. The van der Waals surface area contributed by atoms with Gasteiger partial charge in [0.1, 0.15) is 5.78 Å². The summed E-state index contributed by atoms with van der Waals surface area (Å²) in [4.78, 5) is 13.8. The third kappa shape index (κ3) is 3.08. The van der Waals surface area contributed by atoms with Gasteiger partial charge in [0, 0.05) is 17.5 Å². The van der Waals surface area contributed by atoms with Crippen LogP contribution in [0.2, 0.25) is 5.02 Å². The number of nitrogens with zero attached hydrogens (tertiary/aromatic N) is 1. The number of hydrogen-bond donors (Lipinski definition) is 0. The summed E-state index contributed by atoms with van der Waals surface area (Å²) in [5, 5.41) is 0.769. The molecule has 0 N–H and O–H groups in total. The highest BCUT2D eigenvalue weighted by molar-refractivity contribution is 6.31. The van der Waals surface area contributed by atoms with Crippen LogP contribution in [0.4, 0.5) is 0 Å². The summed E-state index contributed by atoms with van der Waals surface area (Å²) in [5.41, 5.74) is 1.09. The molecule has 1 aliphatic heterocycles. The smallest absolute Gasteiger partial charge is 0.131 e. The van der Waals surface area contributed by atoms with Crippen molar-refractivity contribution in [2.45, 2.75) is 32.2 Å². The molecule has 17 heavy (non-hydrogen) atoms. The first-order valence-corrected chi connectivity index (χ1v) is 6.54. The second-order valence-corrected chi connectivity index (χ2v) is 5.09. The summed E-state index contributed by atoms with van der Waals surface area (Å²) in [6.07, 6.45) is 3.00. The number of hydrogen-bond acceptors (Lipinski definition) is 2. The molecule has 1 atom stereocenters. The number of ketones is 1. The molecule has 1 unspecified atom stereocenters. The van der Waals surface area contributed by atoms with Crippen LogP contribution >= 0.6 is 11.6 Å². The van der Waals surface area contributed by atoms with Crippen molar-refractivity contribution in [2.24, 2.45) is 0 Å². The molecule has 0 radical (unpaired) electrons. The van der Waals surface area contributed by atoms with E-state index >= 15 is 0 Å². The molecule has 1 aromatic rings. The molecule has 0 aromatic heterocycles. The fourth-order valence-corrected chi connectivity index (χ4v) is 2.77. The van der Waals surface area contributed by atoms with Gasteiger partial charge in [-0.1, -0.05) is 29.8 Å². The van der Waals surface area contributed by atoms with E-state index in [9.17, 15) is 4.79 Å². The Morgan fingerprint density at radius 1 is 1.35 bits per heavy atom. The average molecular weight is 252 g/mol. The minimum Gasteiger partial charge on any atom is -0.300 e. The van der Waals surface area contributed by atoms with E-state index in [0.29, 0.717) is 6.42 Å². The van der Waals surface area contributed by atoms with E-state index in [0.717, 1.165) is 23.7 Å². The molecule has 1 aromatic carbocycles. The van der Waals surface area contributed by atoms with Crippen molar-refractivity contribution in [3.8, 4) is 0 Å². The largest absolute Gasteiger partial charge is 0.300 e. The minimum atomic E-state index is 0.156. The second kappa shape index (κ2) is 5.65. The van der Waals surface area contributed by atoms with Crippen LogP contribution in [0, 0.1) is 0 Å². The van der Waals surface area contributed by atoms with Crippen molar-refractivity contribution in [3.63, 3.8) is 0 Å². The minimum absolute atomic E-state index is 0.156. The van der Waals surface area contributed by atoms with Gasteiger partial charge in [0.2, 0.25) is 0 Å². The van der Waals surface area contributed by atoms with E-state index in [1.807, 2.05) is 24.3 Å². The molecule has 0 bridgehead atoms. The number of Topliss-reactive ketones (excluding diaryl/α,β-unsaturated/α-hetero) is 1. The molecule has 0 saturated carbocycles. The third-order valence-corrected chi connectivity index (χ3v) is 3.67. The van der Waals surface area contributed by atoms with E-state index in [4.69, 9.17) is 11.6 Å². The molecule has 0 aliphatic carbocycles. The third-order valence-electron chi connectivity index (χ3n) is 3.33. The molecule has 92 valence electrons. The lowest BCUT2D eigenvalue weighted by atomic mass is 10.0. The molecule has 0 spiro atoms. The first-order valence-electron chi connectivity index (χ1n) is 6.16. The van der Waals surface area contributed by atoms with Crippen LogP contribution in [0.1, 0.15) is 37.8 Å². The second-order valence-electron chi connectivity index (χ2n) is 4.69. The van der Waals surface area contributed by atoms with Gasteiger partial charge >= 0.3 is 0 Å². The van der Waals surface area contributed by atoms with Crippen LogP contribution in [0.5, 0.6) is 0 Å². The highest BCUT2D eigenvalue weighted by atomic mass is 35.5. The van der Waals surface area contributed by atoms with Crippen molar-refractivity contribution in [1.82, 2.24) is 4.90 Å². The first kappa shape index (κ1) is 12.6. The molecule has 1 saturated heterocycles. The Hall–Kier alpha value is -0.860. The molecule has 1 fully saturated rings. The van der Waals surface area contributed by atoms with Gasteiger partial charge in [0.15, 0.2) is 0 Å². The summed E-state index contributed by atoms with van der Waals surface area (Å²) in [5.74, 6) is 0.224. The Morgan fingerprint density at radius 3 is 2.59 bits per heavy atom. The molecule has 3 heteroatoms. The van der Waals surface area contributed by atoms with Crippen LogP contribution in [0.25, 0.3) is 0 Å². The molecule has 2 rings (SSSR count). The van der Waals surface area contributed by atoms with Gasteiger partial charge in [-0.15, -0.1) is 0 Å². The van der Waals surface area contributed by atoms with Gasteiger partial charge in [-0.2, -0.15) is 0 Å². The maximum atomic E-state index is 11.4. The standard InChI is InChI=1S/C14H18ClNO/c1-11(17)10-14(16-8-4-5-9-16)12-6-2-3-7-13(12)15/h2-3,6-7,14H,4-5,8-10H2,1H3. The van der Waals surface area contributed by atoms with Crippen LogP contribution in [-0.2, 0) is 4.79 Å². The van der Waals surface area contributed by atoms with E-state index < -0.39 is 0 Å². The Morgan fingerprint density at radius 2 is 2.00 bits per heavy atom. The highest BCUT2D eigenvalue weighted by Gasteiger charge is 2.25. The summed E-state index contributed by atoms with van der Waals surface area (Å²) < 4.78 is 0. The van der Waals surface area contributed by atoms with Gasteiger partial charge in [-0.25, -0.2) is 0 Å². The Labute approximate surface area is 108 Å². The number of likely N-dealkylation sites (tertiary alicyclic amines) is 1. The maximum absolute atomic E-state index is 11.4. The normalized spacial score (nSPS) is 18.2. The average Bonchev–Trinajstić information content (AvgIpc) is 2.80. The lowest BCUT2D eigenvalue weighted by molar-refractivity contribution is -0.118. The summed E-state index contributed by atoms with van der Waals surface area (Å²) in [7, 11) is 0. The van der Waals surface area contributed by atoms with E-state index in [2.05, 4.69) is 4.90 Å². The van der Waals surface area contributed by atoms with Gasteiger partial charge in [-0.05, 0) is 44.5 Å². The van der Waals surface area contributed by atoms with E-state index in [1.54, 1.807) is 6.92 Å². The van der Waals surface area contributed by atoms with Crippen LogP contribution in [0.15, 0.2) is 24.3 Å². The monoisotopic (exact) mass is 251 g/mol. The zero-order valence-electron chi connectivity index (χ0n) is 10.2. The lowest BCUT2D eigenvalue weighted by Gasteiger charge is -2.27. The SMILES string of the molecule is CC(=O)CC(c1ccccc1Cl)N1CCCC1. The molecular formula is C14H18ClNO. The number of benzene rings is 1. The van der Waals surface area contributed by atoms with Crippen molar-refractivity contribution >= 4 is 17.4 Å². The molecule has 1 heterocycles. The van der Waals surface area contributed by atoms with Gasteiger partial charge in [0.25, 0.3) is 0 Å². The quantitative estimate of drug-likeness (QED) is 0.817.